The van der Waals surface area contributed by atoms with Crippen LogP contribution in [0.1, 0.15) is 43.2 Å². The number of aromatic nitrogens is 2. The highest BCUT2D eigenvalue weighted by Crippen LogP contribution is 2.29. The number of aryl methyl sites for hydroxylation is 1. The van der Waals surface area contributed by atoms with Crippen LogP contribution in [0.4, 0.5) is 0 Å². The number of amides is 1. The number of rotatable bonds is 6. The standard InChI is InChI=1S/C23H30N4O/c1-17-6-5-7-20(10-17)23-24-12-19(13-25-23)15-26(2)14-18-11-22(28)27(16-18)21-8-3-4-9-21/h5-7,10,12-13,18,21H,3-4,8-9,11,14-16H2,1-2H3/t18-/m0/s1. The average Bonchev–Trinajstić information content (AvgIpc) is 3.32. The second-order valence-corrected chi connectivity index (χ2v) is 8.54. The van der Waals surface area contributed by atoms with Crippen molar-refractivity contribution >= 4 is 5.91 Å². The Hall–Kier alpha value is -2.27. The molecule has 5 nitrogen and oxygen atoms in total. The first-order valence-corrected chi connectivity index (χ1v) is 10.4. The van der Waals surface area contributed by atoms with Gasteiger partial charge in [-0.25, -0.2) is 9.97 Å². The summed E-state index contributed by atoms with van der Waals surface area (Å²) in [7, 11) is 2.12. The summed E-state index contributed by atoms with van der Waals surface area (Å²) < 4.78 is 0. The zero-order chi connectivity index (χ0) is 19.5. The summed E-state index contributed by atoms with van der Waals surface area (Å²) in [4.78, 5) is 25.9. The van der Waals surface area contributed by atoms with Crippen molar-refractivity contribution < 1.29 is 4.79 Å². The van der Waals surface area contributed by atoms with Gasteiger partial charge in [0.2, 0.25) is 5.91 Å². The van der Waals surface area contributed by atoms with Crippen LogP contribution in [0.3, 0.4) is 0 Å². The number of likely N-dealkylation sites (tertiary alicyclic amines) is 1. The number of carbonyl (C=O) groups is 1. The van der Waals surface area contributed by atoms with Crippen molar-refractivity contribution in [1.82, 2.24) is 19.8 Å². The lowest BCUT2D eigenvalue weighted by Gasteiger charge is -2.25. The Morgan fingerprint density at radius 3 is 2.64 bits per heavy atom. The summed E-state index contributed by atoms with van der Waals surface area (Å²) in [6.45, 7) is 4.75. The van der Waals surface area contributed by atoms with Crippen molar-refractivity contribution in [2.24, 2.45) is 5.92 Å². The minimum atomic E-state index is 0.358. The molecule has 2 fully saturated rings. The minimum Gasteiger partial charge on any atom is -0.339 e. The van der Waals surface area contributed by atoms with Crippen molar-refractivity contribution in [2.75, 3.05) is 20.1 Å². The van der Waals surface area contributed by atoms with E-state index in [0.29, 0.717) is 24.3 Å². The van der Waals surface area contributed by atoms with E-state index in [1.54, 1.807) is 0 Å². The van der Waals surface area contributed by atoms with Gasteiger partial charge in [-0.2, -0.15) is 0 Å². The molecule has 0 radical (unpaired) electrons. The van der Waals surface area contributed by atoms with E-state index in [1.807, 2.05) is 24.5 Å². The first-order valence-electron chi connectivity index (χ1n) is 10.4. The van der Waals surface area contributed by atoms with Crippen LogP contribution >= 0.6 is 0 Å². The van der Waals surface area contributed by atoms with Crippen LogP contribution in [0.15, 0.2) is 36.7 Å². The quantitative estimate of drug-likeness (QED) is 0.769. The van der Waals surface area contributed by atoms with Crippen LogP contribution in [0, 0.1) is 12.8 Å². The number of hydrogen-bond acceptors (Lipinski definition) is 4. The highest BCUT2D eigenvalue weighted by molar-refractivity contribution is 5.79. The first kappa shape index (κ1) is 19.1. The molecule has 2 aromatic rings. The number of benzene rings is 1. The lowest BCUT2D eigenvalue weighted by molar-refractivity contribution is -0.129. The van der Waals surface area contributed by atoms with Gasteiger partial charge in [0.15, 0.2) is 5.82 Å². The average molecular weight is 379 g/mol. The molecule has 1 saturated heterocycles. The summed E-state index contributed by atoms with van der Waals surface area (Å²) in [5.41, 5.74) is 3.37. The normalized spacial score (nSPS) is 20.5. The molecule has 0 spiro atoms. The van der Waals surface area contributed by atoms with Gasteiger partial charge in [-0.3, -0.25) is 4.79 Å². The van der Waals surface area contributed by atoms with E-state index in [2.05, 4.69) is 45.9 Å². The maximum atomic E-state index is 12.4. The highest BCUT2D eigenvalue weighted by atomic mass is 16.2. The fraction of sp³-hybridized carbons (Fsp3) is 0.522. The molecular formula is C23H30N4O. The molecule has 1 atom stereocenters. The maximum Gasteiger partial charge on any atom is 0.223 e. The summed E-state index contributed by atoms with van der Waals surface area (Å²) >= 11 is 0. The SMILES string of the molecule is Cc1cccc(-c2ncc(CN(C)C[C@@H]3CC(=O)N(C4CCCC4)C3)cn2)c1. The Kier molecular flexibility index (Phi) is 5.72. The van der Waals surface area contributed by atoms with Gasteiger partial charge in [-0.15, -0.1) is 0 Å². The lowest BCUT2D eigenvalue weighted by atomic mass is 10.1. The molecule has 1 aromatic carbocycles. The first-order chi connectivity index (χ1) is 13.6. The van der Waals surface area contributed by atoms with E-state index in [4.69, 9.17) is 0 Å². The van der Waals surface area contributed by atoms with Crippen molar-refractivity contribution in [3.05, 3.63) is 47.8 Å². The predicted octanol–water partition coefficient (Wildman–Crippen LogP) is 3.67. The van der Waals surface area contributed by atoms with Gasteiger partial charge in [0.1, 0.15) is 0 Å². The van der Waals surface area contributed by atoms with Gasteiger partial charge in [0, 0.05) is 55.6 Å². The molecule has 0 bridgehead atoms. The van der Waals surface area contributed by atoms with Gasteiger partial charge in [-0.05, 0) is 38.8 Å². The van der Waals surface area contributed by atoms with E-state index in [0.717, 1.165) is 36.6 Å². The Balaban J connectivity index is 1.31. The molecule has 0 unspecified atom stereocenters. The molecule has 1 aliphatic carbocycles. The van der Waals surface area contributed by atoms with Gasteiger partial charge < -0.3 is 9.80 Å². The Bertz CT molecular complexity index is 814. The van der Waals surface area contributed by atoms with Crippen LogP contribution in [-0.2, 0) is 11.3 Å². The molecule has 2 aliphatic rings. The Morgan fingerprint density at radius 1 is 1.18 bits per heavy atom. The Morgan fingerprint density at radius 2 is 1.93 bits per heavy atom. The number of hydrogen-bond donors (Lipinski definition) is 0. The van der Waals surface area contributed by atoms with E-state index in [9.17, 15) is 4.79 Å². The summed E-state index contributed by atoms with van der Waals surface area (Å²) in [5.74, 6) is 1.56. The van der Waals surface area contributed by atoms with Crippen molar-refractivity contribution in [3.63, 3.8) is 0 Å². The molecule has 148 valence electrons. The fourth-order valence-corrected chi connectivity index (χ4v) is 4.69. The second-order valence-electron chi connectivity index (χ2n) is 8.54. The molecule has 1 aromatic heterocycles. The van der Waals surface area contributed by atoms with Gasteiger partial charge in [0.25, 0.3) is 0 Å². The molecule has 1 saturated carbocycles. The van der Waals surface area contributed by atoms with Crippen LogP contribution in [0.2, 0.25) is 0 Å². The largest absolute Gasteiger partial charge is 0.339 e. The predicted molar refractivity (Wildman–Crippen MR) is 111 cm³/mol. The summed E-state index contributed by atoms with van der Waals surface area (Å²) in [6, 6.07) is 8.77. The molecule has 2 heterocycles. The maximum absolute atomic E-state index is 12.4. The smallest absolute Gasteiger partial charge is 0.223 e. The minimum absolute atomic E-state index is 0.358. The van der Waals surface area contributed by atoms with Gasteiger partial charge >= 0.3 is 0 Å². The van der Waals surface area contributed by atoms with Crippen LogP contribution in [-0.4, -0.2) is 51.9 Å². The Labute approximate surface area is 167 Å². The monoisotopic (exact) mass is 378 g/mol. The summed E-state index contributed by atoms with van der Waals surface area (Å²) in [5, 5.41) is 0. The van der Waals surface area contributed by atoms with Crippen LogP contribution in [0.5, 0.6) is 0 Å². The summed E-state index contributed by atoms with van der Waals surface area (Å²) in [6.07, 6.45) is 9.48. The van der Waals surface area contributed by atoms with E-state index in [1.165, 1.54) is 31.2 Å². The van der Waals surface area contributed by atoms with Crippen molar-refractivity contribution in [3.8, 4) is 11.4 Å². The van der Waals surface area contributed by atoms with Gasteiger partial charge in [-0.1, -0.05) is 36.6 Å². The molecule has 1 aliphatic heterocycles. The molecule has 4 rings (SSSR count). The zero-order valence-corrected chi connectivity index (χ0v) is 17.0. The third-order valence-electron chi connectivity index (χ3n) is 6.01. The third kappa shape index (κ3) is 4.41. The number of carbonyl (C=O) groups excluding carboxylic acids is 1. The zero-order valence-electron chi connectivity index (χ0n) is 17.0. The fourth-order valence-electron chi connectivity index (χ4n) is 4.69. The van der Waals surface area contributed by atoms with E-state index < -0.39 is 0 Å². The van der Waals surface area contributed by atoms with E-state index >= 15 is 0 Å². The molecular weight excluding hydrogens is 348 g/mol. The van der Waals surface area contributed by atoms with E-state index in [-0.39, 0.29) is 0 Å². The molecule has 5 heteroatoms. The topological polar surface area (TPSA) is 49.3 Å². The number of nitrogens with zero attached hydrogens (tertiary/aromatic N) is 4. The molecule has 1 amide bonds. The van der Waals surface area contributed by atoms with Crippen LogP contribution in [0.25, 0.3) is 11.4 Å². The highest BCUT2D eigenvalue weighted by Gasteiger charge is 2.35. The second kappa shape index (κ2) is 8.39. The van der Waals surface area contributed by atoms with Crippen molar-refractivity contribution in [2.45, 2.75) is 51.6 Å². The third-order valence-corrected chi connectivity index (χ3v) is 6.01. The van der Waals surface area contributed by atoms with Crippen LogP contribution < -0.4 is 0 Å². The molecule has 0 N–H and O–H groups in total. The lowest BCUT2D eigenvalue weighted by Crippen LogP contribution is -2.35. The van der Waals surface area contributed by atoms with Crippen molar-refractivity contribution in [1.29, 1.82) is 0 Å². The molecule has 28 heavy (non-hydrogen) atoms. The van der Waals surface area contributed by atoms with Gasteiger partial charge in [0.05, 0.1) is 0 Å².